The molecule has 0 aliphatic heterocycles. The standard InChI is InChI=1S/C15H19NO5/c1-5-12(15(17)20-4)11-6-7-14(21-9-10(2)3)13(8-11)16(18)19/h6-8,12H,2,5,9H2,1,3-4H3. The fourth-order valence-corrected chi connectivity index (χ4v) is 1.90. The largest absolute Gasteiger partial charge is 0.482 e. The lowest BCUT2D eigenvalue weighted by atomic mass is 9.96. The van der Waals surface area contributed by atoms with E-state index in [1.807, 2.05) is 6.92 Å². The molecule has 0 N–H and O–H groups in total. The van der Waals surface area contributed by atoms with Crippen molar-refractivity contribution in [2.75, 3.05) is 13.7 Å². The smallest absolute Gasteiger partial charge is 0.313 e. The molecule has 1 unspecified atom stereocenters. The monoisotopic (exact) mass is 293 g/mol. The van der Waals surface area contributed by atoms with E-state index in [9.17, 15) is 14.9 Å². The summed E-state index contributed by atoms with van der Waals surface area (Å²) in [4.78, 5) is 22.3. The first-order valence-corrected chi connectivity index (χ1v) is 6.54. The van der Waals surface area contributed by atoms with Crippen LogP contribution in [0.4, 0.5) is 5.69 Å². The van der Waals surface area contributed by atoms with E-state index in [1.165, 1.54) is 19.2 Å². The molecule has 114 valence electrons. The molecule has 0 bridgehead atoms. The summed E-state index contributed by atoms with van der Waals surface area (Å²) >= 11 is 0. The lowest BCUT2D eigenvalue weighted by Crippen LogP contribution is -2.13. The number of benzene rings is 1. The fraction of sp³-hybridized carbons (Fsp3) is 0.400. The van der Waals surface area contributed by atoms with E-state index in [-0.39, 0.29) is 18.0 Å². The van der Waals surface area contributed by atoms with Crippen molar-refractivity contribution >= 4 is 11.7 Å². The van der Waals surface area contributed by atoms with Crippen LogP contribution in [-0.2, 0) is 9.53 Å². The first kappa shape index (κ1) is 16.7. The van der Waals surface area contributed by atoms with Gasteiger partial charge >= 0.3 is 11.7 Å². The zero-order valence-corrected chi connectivity index (χ0v) is 12.4. The molecule has 1 rings (SSSR count). The quantitative estimate of drug-likeness (QED) is 0.334. The zero-order chi connectivity index (χ0) is 16.0. The van der Waals surface area contributed by atoms with Crippen molar-refractivity contribution in [1.82, 2.24) is 0 Å². The van der Waals surface area contributed by atoms with Crippen LogP contribution < -0.4 is 4.74 Å². The zero-order valence-electron chi connectivity index (χ0n) is 12.4. The number of nitro groups is 1. The van der Waals surface area contributed by atoms with E-state index in [1.54, 1.807) is 13.0 Å². The summed E-state index contributed by atoms with van der Waals surface area (Å²) in [5.41, 5.74) is 1.13. The molecular formula is C15H19NO5. The Balaban J connectivity index is 3.15. The van der Waals surface area contributed by atoms with E-state index in [0.29, 0.717) is 12.0 Å². The predicted molar refractivity (Wildman–Crippen MR) is 78.5 cm³/mol. The maximum atomic E-state index is 11.7. The van der Waals surface area contributed by atoms with Gasteiger partial charge in [-0.3, -0.25) is 14.9 Å². The highest BCUT2D eigenvalue weighted by atomic mass is 16.6. The van der Waals surface area contributed by atoms with Crippen LogP contribution >= 0.6 is 0 Å². The Morgan fingerprint density at radius 2 is 2.14 bits per heavy atom. The van der Waals surface area contributed by atoms with Crippen molar-refractivity contribution in [3.05, 3.63) is 46.0 Å². The number of hydrogen-bond acceptors (Lipinski definition) is 5. The Hall–Kier alpha value is -2.37. The number of esters is 1. The van der Waals surface area contributed by atoms with Gasteiger partial charge in [0, 0.05) is 6.07 Å². The molecule has 0 aromatic heterocycles. The second kappa shape index (κ2) is 7.42. The van der Waals surface area contributed by atoms with E-state index in [0.717, 1.165) is 5.57 Å². The van der Waals surface area contributed by atoms with Crippen molar-refractivity contribution in [1.29, 1.82) is 0 Å². The van der Waals surface area contributed by atoms with Gasteiger partial charge in [0.05, 0.1) is 18.0 Å². The minimum Gasteiger partial charge on any atom is -0.482 e. The van der Waals surface area contributed by atoms with Crippen molar-refractivity contribution in [3.8, 4) is 5.75 Å². The van der Waals surface area contributed by atoms with Crippen LogP contribution in [0.1, 0.15) is 31.7 Å². The molecule has 0 aliphatic carbocycles. The van der Waals surface area contributed by atoms with E-state index in [4.69, 9.17) is 9.47 Å². The number of nitro benzene ring substituents is 1. The van der Waals surface area contributed by atoms with Gasteiger partial charge in [0.25, 0.3) is 0 Å². The number of ether oxygens (including phenoxy) is 2. The second-order valence-corrected chi connectivity index (χ2v) is 4.71. The Bertz CT molecular complexity index is 553. The van der Waals surface area contributed by atoms with Gasteiger partial charge in [-0.1, -0.05) is 19.6 Å². The molecule has 0 fully saturated rings. The molecule has 1 aromatic carbocycles. The fourth-order valence-electron chi connectivity index (χ4n) is 1.90. The van der Waals surface area contributed by atoms with E-state index in [2.05, 4.69) is 6.58 Å². The van der Waals surface area contributed by atoms with Gasteiger partial charge in [-0.2, -0.15) is 0 Å². The predicted octanol–water partition coefficient (Wildman–Crippen LogP) is 3.22. The third-order valence-corrected chi connectivity index (χ3v) is 2.95. The summed E-state index contributed by atoms with van der Waals surface area (Å²) in [5.74, 6) is -0.780. The number of methoxy groups -OCH3 is 1. The van der Waals surface area contributed by atoms with Crippen LogP contribution in [0.5, 0.6) is 5.75 Å². The summed E-state index contributed by atoms with van der Waals surface area (Å²) in [6.07, 6.45) is 0.496. The molecule has 0 amide bonds. The van der Waals surface area contributed by atoms with Gasteiger partial charge in [-0.05, 0) is 30.5 Å². The van der Waals surface area contributed by atoms with Gasteiger partial charge in [0.15, 0.2) is 5.75 Å². The van der Waals surface area contributed by atoms with Crippen molar-refractivity contribution < 1.29 is 19.2 Å². The highest BCUT2D eigenvalue weighted by molar-refractivity contribution is 5.78. The average molecular weight is 293 g/mol. The molecule has 0 saturated carbocycles. The van der Waals surface area contributed by atoms with Gasteiger partial charge in [0.1, 0.15) is 6.61 Å². The third-order valence-electron chi connectivity index (χ3n) is 2.95. The maximum Gasteiger partial charge on any atom is 0.313 e. The SMILES string of the molecule is C=C(C)COc1ccc(C(CC)C(=O)OC)cc1[N+](=O)[O-]. The molecule has 0 aliphatic rings. The van der Waals surface area contributed by atoms with Crippen LogP contribution in [0.25, 0.3) is 0 Å². The summed E-state index contributed by atoms with van der Waals surface area (Å²) in [6.45, 7) is 7.47. The van der Waals surface area contributed by atoms with E-state index < -0.39 is 16.8 Å². The van der Waals surface area contributed by atoms with Gasteiger partial charge in [-0.15, -0.1) is 0 Å². The lowest BCUT2D eigenvalue weighted by Gasteiger charge is -2.14. The molecular weight excluding hydrogens is 274 g/mol. The van der Waals surface area contributed by atoms with Crippen molar-refractivity contribution in [2.45, 2.75) is 26.2 Å². The van der Waals surface area contributed by atoms with Gasteiger partial charge in [-0.25, -0.2) is 0 Å². The third kappa shape index (κ3) is 4.30. The molecule has 0 saturated heterocycles. The molecule has 1 atom stereocenters. The van der Waals surface area contributed by atoms with Gasteiger partial charge < -0.3 is 9.47 Å². The Morgan fingerprint density at radius 3 is 2.62 bits per heavy atom. The summed E-state index contributed by atoms with van der Waals surface area (Å²) in [5, 5.41) is 11.2. The number of hydrogen-bond donors (Lipinski definition) is 0. The Labute approximate surface area is 123 Å². The summed E-state index contributed by atoms with van der Waals surface area (Å²) in [6, 6.07) is 4.51. The Kier molecular flexibility index (Phi) is 5.90. The highest BCUT2D eigenvalue weighted by Gasteiger charge is 2.24. The normalized spacial score (nSPS) is 11.6. The first-order valence-electron chi connectivity index (χ1n) is 6.54. The molecule has 21 heavy (non-hydrogen) atoms. The first-order chi connectivity index (χ1) is 9.90. The molecule has 0 radical (unpaired) electrons. The lowest BCUT2D eigenvalue weighted by molar-refractivity contribution is -0.385. The minimum absolute atomic E-state index is 0.159. The van der Waals surface area contributed by atoms with Crippen LogP contribution in [0, 0.1) is 10.1 Å². The number of carbonyl (C=O) groups excluding carboxylic acids is 1. The second-order valence-electron chi connectivity index (χ2n) is 4.71. The number of rotatable bonds is 7. The Morgan fingerprint density at radius 1 is 1.48 bits per heavy atom. The molecule has 0 spiro atoms. The number of carbonyl (C=O) groups is 1. The van der Waals surface area contributed by atoms with Crippen molar-refractivity contribution in [3.63, 3.8) is 0 Å². The summed E-state index contributed by atoms with van der Waals surface area (Å²) < 4.78 is 10.1. The molecule has 0 heterocycles. The minimum atomic E-state index is -0.527. The van der Waals surface area contributed by atoms with E-state index >= 15 is 0 Å². The molecule has 1 aromatic rings. The van der Waals surface area contributed by atoms with Crippen molar-refractivity contribution in [2.24, 2.45) is 0 Å². The van der Waals surface area contributed by atoms with Crippen LogP contribution in [-0.4, -0.2) is 24.6 Å². The molecule has 6 nitrogen and oxygen atoms in total. The maximum absolute atomic E-state index is 11.7. The highest BCUT2D eigenvalue weighted by Crippen LogP contribution is 2.32. The average Bonchev–Trinajstić information content (AvgIpc) is 2.45. The topological polar surface area (TPSA) is 78.7 Å². The van der Waals surface area contributed by atoms with Crippen LogP contribution in [0.2, 0.25) is 0 Å². The molecule has 6 heteroatoms. The van der Waals surface area contributed by atoms with Crippen LogP contribution in [0.15, 0.2) is 30.4 Å². The van der Waals surface area contributed by atoms with Gasteiger partial charge in [0.2, 0.25) is 0 Å². The number of nitrogens with zero attached hydrogens (tertiary/aromatic N) is 1. The summed E-state index contributed by atoms with van der Waals surface area (Å²) in [7, 11) is 1.30. The van der Waals surface area contributed by atoms with Crippen LogP contribution in [0.3, 0.4) is 0 Å².